The number of hydrogen-bond acceptors (Lipinski definition) is 2. The molecule has 0 aliphatic carbocycles. The van der Waals surface area contributed by atoms with Crippen molar-refractivity contribution in [1.29, 1.82) is 0 Å². The second-order valence-electron chi connectivity index (χ2n) is 1.77. The molecule has 2 nitrogen and oxygen atoms in total. The minimum absolute atomic E-state index is 0.250. The molecular weight excluding hydrogens is 90.1 g/mol. The standard InChI is InChI=1S/C5H9NO/c1-4-3-5(2)7-6-4/h3,5-6H,1-2H3. The van der Waals surface area contributed by atoms with Crippen LogP contribution in [0.15, 0.2) is 11.8 Å². The minimum atomic E-state index is 0.250. The molecule has 1 N–H and O–H groups in total. The number of hydrogen-bond donors (Lipinski definition) is 1. The molecule has 0 amide bonds. The monoisotopic (exact) mass is 99.1 g/mol. The lowest BCUT2D eigenvalue weighted by Crippen LogP contribution is -2.07. The summed E-state index contributed by atoms with van der Waals surface area (Å²) in [4.78, 5) is 4.92. The maximum Gasteiger partial charge on any atom is 0.103 e. The van der Waals surface area contributed by atoms with E-state index in [0.717, 1.165) is 5.70 Å². The normalized spacial score (nSPS) is 29.4. The molecule has 1 atom stereocenters. The molecule has 1 heterocycles. The first kappa shape index (κ1) is 4.65. The molecule has 1 unspecified atom stereocenters. The van der Waals surface area contributed by atoms with Crippen molar-refractivity contribution in [3.63, 3.8) is 0 Å². The fraction of sp³-hybridized carbons (Fsp3) is 0.600. The molecule has 1 aliphatic heterocycles. The molecule has 0 saturated carbocycles. The largest absolute Gasteiger partial charge is 0.271 e. The Morgan fingerprint density at radius 1 is 1.86 bits per heavy atom. The highest BCUT2D eigenvalue weighted by Crippen LogP contribution is 2.02. The van der Waals surface area contributed by atoms with Gasteiger partial charge >= 0.3 is 0 Å². The van der Waals surface area contributed by atoms with Gasteiger partial charge in [0.05, 0.1) is 0 Å². The van der Waals surface area contributed by atoms with Crippen molar-refractivity contribution in [2.75, 3.05) is 0 Å². The first-order chi connectivity index (χ1) is 3.29. The van der Waals surface area contributed by atoms with Crippen LogP contribution in [-0.2, 0) is 4.84 Å². The summed E-state index contributed by atoms with van der Waals surface area (Å²) in [6.07, 6.45) is 2.28. The Kier molecular flexibility index (Phi) is 1.02. The second-order valence-corrected chi connectivity index (χ2v) is 1.77. The molecule has 7 heavy (non-hydrogen) atoms. The minimum Gasteiger partial charge on any atom is -0.271 e. The van der Waals surface area contributed by atoms with Gasteiger partial charge in [0.15, 0.2) is 0 Å². The summed E-state index contributed by atoms with van der Waals surface area (Å²) >= 11 is 0. The maximum absolute atomic E-state index is 4.92. The Balaban J connectivity index is 2.50. The predicted octanol–water partition coefficient (Wildman–Crippen LogP) is 0.813. The third-order valence-electron chi connectivity index (χ3n) is 0.891. The van der Waals surface area contributed by atoms with E-state index in [1.165, 1.54) is 0 Å². The quantitative estimate of drug-likeness (QED) is 0.485. The van der Waals surface area contributed by atoms with E-state index in [0.29, 0.717) is 0 Å². The Labute approximate surface area is 43.1 Å². The maximum atomic E-state index is 4.92. The summed E-state index contributed by atoms with van der Waals surface area (Å²) in [5, 5.41) is 0. The summed E-state index contributed by atoms with van der Waals surface area (Å²) in [5.74, 6) is 0. The van der Waals surface area contributed by atoms with Crippen LogP contribution in [0.4, 0.5) is 0 Å². The van der Waals surface area contributed by atoms with Gasteiger partial charge in [-0.1, -0.05) is 0 Å². The van der Waals surface area contributed by atoms with Crippen LogP contribution in [0.3, 0.4) is 0 Å². The summed E-state index contributed by atoms with van der Waals surface area (Å²) in [5.41, 5.74) is 3.83. The van der Waals surface area contributed by atoms with Gasteiger partial charge in [0, 0.05) is 5.70 Å². The van der Waals surface area contributed by atoms with Crippen LogP contribution in [0.2, 0.25) is 0 Å². The van der Waals surface area contributed by atoms with Crippen molar-refractivity contribution < 1.29 is 4.84 Å². The summed E-state index contributed by atoms with van der Waals surface area (Å²) in [6, 6.07) is 0. The number of hydroxylamine groups is 1. The Hall–Kier alpha value is -0.500. The Morgan fingerprint density at radius 3 is 2.71 bits per heavy atom. The second kappa shape index (κ2) is 1.54. The fourth-order valence-electron chi connectivity index (χ4n) is 0.606. The highest BCUT2D eigenvalue weighted by molar-refractivity contribution is 5.00. The van der Waals surface area contributed by atoms with E-state index in [-0.39, 0.29) is 6.10 Å². The number of rotatable bonds is 0. The van der Waals surface area contributed by atoms with Gasteiger partial charge in [0.2, 0.25) is 0 Å². The van der Waals surface area contributed by atoms with Gasteiger partial charge in [-0.2, -0.15) is 0 Å². The zero-order valence-electron chi connectivity index (χ0n) is 4.56. The average Bonchev–Trinajstić information content (AvgIpc) is 1.87. The van der Waals surface area contributed by atoms with E-state index in [9.17, 15) is 0 Å². The van der Waals surface area contributed by atoms with Crippen molar-refractivity contribution in [2.24, 2.45) is 0 Å². The van der Waals surface area contributed by atoms with Gasteiger partial charge < -0.3 is 0 Å². The summed E-state index contributed by atoms with van der Waals surface area (Å²) in [6.45, 7) is 3.97. The lowest BCUT2D eigenvalue weighted by atomic mass is 10.3. The molecular formula is C5H9NO. The Morgan fingerprint density at radius 2 is 2.57 bits per heavy atom. The van der Waals surface area contributed by atoms with Crippen molar-refractivity contribution in [3.8, 4) is 0 Å². The molecule has 0 radical (unpaired) electrons. The van der Waals surface area contributed by atoms with Crippen LogP contribution in [0.1, 0.15) is 13.8 Å². The average molecular weight is 99.1 g/mol. The zero-order valence-corrected chi connectivity index (χ0v) is 4.56. The van der Waals surface area contributed by atoms with Crippen LogP contribution < -0.4 is 5.48 Å². The molecule has 0 spiro atoms. The lowest BCUT2D eigenvalue weighted by Gasteiger charge is -1.96. The first-order valence-electron chi connectivity index (χ1n) is 2.39. The fourth-order valence-corrected chi connectivity index (χ4v) is 0.606. The van der Waals surface area contributed by atoms with E-state index >= 15 is 0 Å². The van der Waals surface area contributed by atoms with Gasteiger partial charge in [-0.3, -0.25) is 10.3 Å². The molecule has 2 heteroatoms. The van der Waals surface area contributed by atoms with E-state index < -0.39 is 0 Å². The van der Waals surface area contributed by atoms with Crippen LogP contribution >= 0.6 is 0 Å². The third-order valence-corrected chi connectivity index (χ3v) is 0.891. The van der Waals surface area contributed by atoms with Crippen LogP contribution in [0, 0.1) is 0 Å². The third kappa shape index (κ3) is 0.933. The molecule has 1 aliphatic rings. The first-order valence-corrected chi connectivity index (χ1v) is 2.39. The Bertz CT molecular complexity index is 98.3. The van der Waals surface area contributed by atoms with Crippen LogP contribution in [0.25, 0.3) is 0 Å². The zero-order chi connectivity index (χ0) is 5.28. The van der Waals surface area contributed by atoms with Crippen LogP contribution in [-0.4, -0.2) is 6.10 Å². The van der Waals surface area contributed by atoms with E-state index in [4.69, 9.17) is 4.84 Å². The van der Waals surface area contributed by atoms with Gasteiger partial charge in [0.25, 0.3) is 0 Å². The molecule has 0 aromatic carbocycles. The number of nitrogens with one attached hydrogen (secondary N) is 1. The summed E-state index contributed by atoms with van der Waals surface area (Å²) < 4.78 is 0. The van der Waals surface area contributed by atoms with Gasteiger partial charge in [-0.05, 0) is 19.9 Å². The molecule has 0 saturated heterocycles. The SMILES string of the molecule is CC1=CC(C)ON1. The smallest absolute Gasteiger partial charge is 0.103 e. The van der Waals surface area contributed by atoms with Gasteiger partial charge in [-0.15, -0.1) is 0 Å². The van der Waals surface area contributed by atoms with Crippen molar-refractivity contribution >= 4 is 0 Å². The molecule has 0 fully saturated rings. The van der Waals surface area contributed by atoms with E-state index in [2.05, 4.69) is 5.48 Å². The summed E-state index contributed by atoms with van der Waals surface area (Å²) in [7, 11) is 0. The van der Waals surface area contributed by atoms with E-state index in [1.807, 2.05) is 19.9 Å². The topological polar surface area (TPSA) is 21.3 Å². The molecule has 0 aromatic rings. The van der Waals surface area contributed by atoms with Crippen molar-refractivity contribution in [1.82, 2.24) is 5.48 Å². The molecule has 0 bridgehead atoms. The van der Waals surface area contributed by atoms with Crippen molar-refractivity contribution in [2.45, 2.75) is 20.0 Å². The highest BCUT2D eigenvalue weighted by atomic mass is 16.7. The van der Waals surface area contributed by atoms with Crippen molar-refractivity contribution in [3.05, 3.63) is 11.8 Å². The van der Waals surface area contributed by atoms with Gasteiger partial charge in [0.1, 0.15) is 6.10 Å². The van der Waals surface area contributed by atoms with E-state index in [1.54, 1.807) is 0 Å². The highest BCUT2D eigenvalue weighted by Gasteiger charge is 2.04. The lowest BCUT2D eigenvalue weighted by molar-refractivity contribution is 0.0532. The molecule has 40 valence electrons. The number of allylic oxidation sites excluding steroid dienone is 1. The molecule has 1 rings (SSSR count). The van der Waals surface area contributed by atoms with Gasteiger partial charge in [-0.25, -0.2) is 0 Å². The van der Waals surface area contributed by atoms with Crippen LogP contribution in [0.5, 0.6) is 0 Å². The predicted molar refractivity (Wildman–Crippen MR) is 27.4 cm³/mol. The molecule has 0 aromatic heterocycles.